The van der Waals surface area contributed by atoms with Crippen molar-refractivity contribution in [3.05, 3.63) is 65.4 Å². The van der Waals surface area contributed by atoms with Gasteiger partial charge < -0.3 is 20.5 Å². The topological polar surface area (TPSA) is 94.3 Å². The quantitative estimate of drug-likeness (QED) is 0.628. The van der Waals surface area contributed by atoms with Gasteiger partial charge in [-0.15, -0.1) is 0 Å². The first-order valence-electron chi connectivity index (χ1n) is 9.67. The van der Waals surface area contributed by atoms with E-state index >= 15 is 0 Å². The molecule has 0 saturated carbocycles. The Hall–Kier alpha value is -3.61. The Balaban J connectivity index is 1.32. The molecule has 3 heterocycles. The van der Waals surface area contributed by atoms with Gasteiger partial charge in [0.2, 0.25) is 11.8 Å². The Bertz CT molecular complexity index is 1150. The largest absolute Gasteiger partial charge is 0.357 e. The number of H-pyrrole nitrogens is 1. The van der Waals surface area contributed by atoms with Crippen LogP contribution in [0.3, 0.4) is 0 Å². The summed E-state index contributed by atoms with van der Waals surface area (Å²) in [6.45, 7) is 1.07. The van der Waals surface area contributed by atoms with Crippen LogP contribution in [0.25, 0.3) is 10.9 Å². The van der Waals surface area contributed by atoms with Gasteiger partial charge in [-0.1, -0.05) is 30.3 Å². The molecule has 0 unspecified atom stereocenters. The summed E-state index contributed by atoms with van der Waals surface area (Å²) in [5.74, 6) is -0.881. The minimum atomic E-state index is -0.897. The number of hydrogen-bond donors (Lipinski definition) is 3. The van der Waals surface area contributed by atoms with Crippen molar-refractivity contribution in [1.29, 1.82) is 0 Å². The van der Waals surface area contributed by atoms with Crippen LogP contribution >= 0.6 is 0 Å². The van der Waals surface area contributed by atoms with Gasteiger partial charge in [0.25, 0.3) is 5.91 Å². The number of aromatic nitrogens is 1. The Morgan fingerprint density at radius 2 is 1.86 bits per heavy atom. The highest BCUT2D eigenvalue weighted by Gasteiger charge is 2.32. The minimum Gasteiger partial charge on any atom is -0.357 e. The minimum absolute atomic E-state index is 0.0683. The molecule has 3 amide bonds. The lowest BCUT2D eigenvalue weighted by Gasteiger charge is -2.28. The van der Waals surface area contributed by atoms with Crippen LogP contribution in [0.4, 0.5) is 5.69 Å². The van der Waals surface area contributed by atoms with E-state index in [-0.39, 0.29) is 24.1 Å². The van der Waals surface area contributed by atoms with E-state index in [9.17, 15) is 14.4 Å². The molecule has 5 rings (SSSR count). The number of carbonyl (C=O) groups excluding carboxylic acids is 3. The molecule has 1 aromatic heterocycles. The van der Waals surface area contributed by atoms with Crippen molar-refractivity contribution in [3.8, 4) is 0 Å². The van der Waals surface area contributed by atoms with E-state index in [4.69, 9.17) is 0 Å². The normalized spacial score (nSPS) is 18.5. The van der Waals surface area contributed by atoms with Crippen molar-refractivity contribution >= 4 is 34.3 Å². The molecule has 0 spiro atoms. The van der Waals surface area contributed by atoms with Crippen molar-refractivity contribution in [3.63, 3.8) is 0 Å². The van der Waals surface area contributed by atoms with E-state index < -0.39 is 6.04 Å². The Morgan fingerprint density at radius 1 is 1.07 bits per heavy atom. The average molecular weight is 388 g/mol. The number of aromatic amines is 1. The second-order valence-electron chi connectivity index (χ2n) is 7.46. The summed E-state index contributed by atoms with van der Waals surface area (Å²) in [6, 6.07) is 14.0. The highest BCUT2D eigenvalue weighted by molar-refractivity contribution is 6.10. The van der Waals surface area contributed by atoms with Crippen molar-refractivity contribution in [2.24, 2.45) is 0 Å². The standard InChI is InChI=1S/C22H20N4O3/c27-20(11-18-22(29)24-17-8-4-2-6-15(17)21(28)25-18)26-10-9-14-13-5-1-3-7-16(13)23-19(14)12-26/h1-8,18,23H,9-12H2,(H,24,29)(H,25,28)/t18-/m1/s1. The molecule has 1 atom stereocenters. The van der Waals surface area contributed by atoms with Crippen LogP contribution in [0.2, 0.25) is 0 Å². The summed E-state index contributed by atoms with van der Waals surface area (Å²) in [7, 11) is 0. The Morgan fingerprint density at radius 3 is 2.76 bits per heavy atom. The fourth-order valence-electron chi connectivity index (χ4n) is 4.16. The highest BCUT2D eigenvalue weighted by Crippen LogP contribution is 2.28. The predicted molar refractivity (Wildman–Crippen MR) is 108 cm³/mol. The molecule has 2 aliphatic rings. The number of nitrogens with zero attached hydrogens (tertiary/aromatic N) is 1. The molecule has 7 heteroatoms. The number of rotatable bonds is 2. The van der Waals surface area contributed by atoms with Crippen LogP contribution in [0.5, 0.6) is 0 Å². The van der Waals surface area contributed by atoms with Gasteiger partial charge in [0, 0.05) is 23.1 Å². The number of carbonyl (C=O) groups is 3. The van der Waals surface area contributed by atoms with E-state index in [1.54, 1.807) is 29.2 Å². The monoisotopic (exact) mass is 388 g/mol. The Kier molecular flexibility index (Phi) is 4.08. The lowest BCUT2D eigenvalue weighted by molar-refractivity contribution is -0.134. The molecule has 0 aliphatic carbocycles. The number of nitrogens with one attached hydrogen (secondary N) is 3. The Labute approximate surface area is 167 Å². The van der Waals surface area contributed by atoms with E-state index in [1.807, 2.05) is 18.2 Å². The lowest BCUT2D eigenvalue weighted by atomic mass is 10.0. The molecule has 3 aromatic rings. The second kappa shape index (κ2) is 6.77. The van der Waals surface area contributed by atoms with E-state index in [2.05, 4.69) is 21.7 Å². The van der Waals surface area contributed by atoms with Crippen LogP contribution < -0.4 is 10.6 Å². The SMILES string of the molecule is O=C1N[C@H](CC(=O)N2CCc3c([nH]c4ccccc34)C2)C(=O)Nc2ccccc21. The highest BCUT2D eigenvalue weighted by atomic mass is 16.2. The van der Waals surface area contributed by atoms with Crippen LogP contribution in [0.15, 0.2) is 48.5 Å². The molecular weight excluding hydrogens is 368 g/mol. The second-order valence-corrected chi connectivity index (χ2v) is 7.46. The third-order valence-electron chi connectivity index (χ3n) is 5.67. The van der Waals surface area contributed by atoms with Crippen molar-refractivity contribution in [1.82, 2.24) is 15.2 Å². The maximum absolute atomic E-state index is 12.9. The van der Waals surface area contributed by atoms with Crippen LogP contribution in [-0.4, -0.2) is 40.2 Å². The van der Waals surface area contributed by atoms with Crippen molar-refractivity contribution in [2.75, 3.05) is 11.9 Å². The number of fused-ring (bicyclic) bond motifs is 4. The average Bonchev–Trinajstić information content (AvgIpc) is 3.05. The van der Waals surface area contributed by atoms with Gasteiger partial charge >= 0.3 is 0 Å². The van der Waals surface area contributed by atoms with Gasteiger partial charge in [-0.2, -0.15) is 0 Å². The summed E-state index contributed by atoms with van der Waals surface area (Å²) < 4.78 is 0. The molecule has 0 saturated heterocycles. The van der Waals surface area contributed by atoms with Gasteiger partial charge in [-0.25, -0.2) is 0 Å². The van der Waals surface area contributed by atoms with Gasteiger partial charge in [0.05, 0.1) is 24.2 Å². The molecule has 146 valence electrons. The van der Waals surface area contributed by atoms with E-state index in [1.165, 1.54) is 10.9 Å². The van der Waals surface area contributed by atoms with E-state index in [0.29, 0.717) is 24.3 Å². The zero-order chi connectivity index (χ0) is 20.0. The molecule has 2 aromatic carbocycles. The summed E-state index contributed by atoms with van der Waals surface area (Å²) in [6.07, 6.45) is 0.695. The summed E-state index contributed by atoms with van der Waals surface area (Å²) in [5.41, 5.74) is 4.22. The van der Waals surface area contributed by atoms with Crippen molar-refractivity contribution < 1.29 is 14.4 Å². The zero-order valence-corrected chi connectivity index (χ0v) is 15.7. The van der Waals surface area contributed by atoms with Gasteiger partial charge in [-0.3, -0.25) is 14.4 Å². The third-order valence-corrected chi connectivity index (χ3v) is 5.67. The molecule has 0 fully saturated rings. The summed E-state index contributed by atoms with van der Waals surface area (Å²) >= 11 is 0. The number of para-hydroxylation sites is 2. The first-order valence-corrected chi connectivity index (χ1v) is 9.67. The molecule has 0 bridgehead atoms. The number of benzene rings is 2. The predicted octanol–water partition coefficient (Wildman–Crippen LogP) is 2.19. The van der Waals surface area contributed by atoms with E-state index in [0.717, 1.165) is 17.6 Å². The molecule has 3 N–H and O–H groups in total. The smallest absolute Gasteiger partial charge is 0.254 e. The molecular formula is C22H20N4O3. The number of amides is 3. The number of anilines is 1. The maximum atomic E-state index is 12.9. The molecule has 29 heavy (non-hydrogen) atoms. The van der Waals surface area contributed by atoms with Gasteiger partial charge in [0.15, 0.2) is 0 Å². The van der Waals surface area contributed by atoms with Crippen molar-refractivity contribution in [2.45, 2.75) is 25.4 Å². The fourth-order valence-corrected chi connectivity index (χ4v) is 4.16. The third kappa shape index (κ3) is 3.04. The van der Waals surface area contributed by atoms with Crippen LogP contribution in [0.1, 0.15) is 28.0 Å². The molecule has 7 nitrogen and oxygen atoms in total. The molecule has 0 radical (unpaired) electrons. The van der Waals surface area contributed by atoms with Gasteiger partial charge in [0.1, 0.15) is 6.04 Å². The maximum Gasteiger partial charge on any atom is 0.254 e. The lowest BCUT2D eigenvalue weighted by Crippen LogP contribution is -2.46. The van der Waals surface area contributed by atoms with Crippen LogP contribution in [0, 0.1) is 0 Å². The summed E-state index contributed by atoms with van der Waals surface area (Å²) in [4.78, 5) is 43.1. The fraction of sp³-hybridized carbons (Fsp3) is 0.227. The first-order chi connectivity index (χ1) is 14.1. The van der Waals surface area contributed by atoms with Crippen LogP contribution in [-0.2, 0) is 22.6 Å². The number of hydrogen-bond acceptors (Lipinski definition) is 3. The van der Waals surface area contributed by atoms with Gasteiger partial charge in [-0.05, 0) is 30.2 Å². The zero-order valence-electron chi connectivity index (χ0n) is 15.7. The first kappa shape index (κ1) is 17.5. The molecule has 2 aliphatic heterocycles. The summed E-state index contributed by atoms with van der Waals surface area (Å²) in [5, 5.41) is 6.63.